The van der Waals surface area contributed by atoms with E-state index in [0.29, 0.717) is 0 Å². The summed E-state index contributed by atoms with van der Waals surface area (Å²) in [4.78, 5) is 0. The van der Waals surface area contributed by atoms with Gasteiger partial charge in [0, 0.05) is 6.54 Å². The van der Waals surface area contributed by atoms with E-state index in [-0.39, 0.29) is 0 Å². The van der Waals surface area contributed by atoms with E-state index < -0.39 is 0 Å². The Morgan fingerprint density at radius 2 is 1.88 bits per heavy atom. The van der Waals surface area contributed by atoms with Gasteiger partial charge in [0.1, 0.15) is 0 Å². The van der Waals surface area contributed by atoms with Crippen molar-refractivity contribution in [2.75, 3.05) is 7.05 Å². The maximum Gasteiger partial charge on any atom is 0.0815 e. The first-order valence-electron chi connectivity index (χ1n) is 5.61. The summed E-state index contributed by atoms with van der Waals surface area (Å²) in [5.74, 6) is 0. The van der Waals surface area contributed by atoms with Crippen LogP contribution in [-0.4, -0.2) is 16.8 Å². The van der Waals surface area contributed by atoms with Crippen molar-refractivity contribution >= 4 is 11.6 Å². The molecule has 1 aromatic carbocycles. The zero-order valence-electron chi connectivity index (χ0n) is 10.1. The lowest BCUT2D eigenvalue weighted by Crippen LogP contribution is -2.06. The highest BCUT2D eigenvalue weighted by atomic mass is 35.5. The summed E-state index contributed by atoms with van der Waals surface area (Å²) in [5.41, 5.74) is 3.52. The van der Waals surface area contributed by atoms with E-state index in [4.69, 9.17) is 11.6 Å². The van der Waals surface area contributed by atoms with E-state index in [1.807, 2.05) is 18.7 Å². The van der Waals surface area contributed by atoms with Crippen molar-refractivity contribution in [3.05, 3.63) is 52.3 Å². The fraction of sp³-hybridized carbons (Fsp3) is 0.308. The summed E-state index contributed by atoms with van der Waals surface area (Å²) in [5, 5.41) is 8.09. The van der Waals surface area contributed by atoms with Crippen molar-refractivity contribution < 1.29 is 0 Å². The molecule has 2 rings (SSSR count). The van der Waals surface area contributed by atoms with Crippen LogP contribution in [0.3, 0.4) is 0 Å². The summed E-state index contributed by atoms with van der Waals surface area (Å²) < 4.78 is 1.91. The number of hydrogen-bond acceptors (Lipinski definition) is 2. The van der Waals surface area contributed by atoms with Crippen LogP contribution in [-0.2, 0) is 13.1 Å². The molecule has 0 aliphatic rings. The number of nitrogens with zero attached hydrogens (tertiary/aromatic N) is 2. The molecular weight excluding hydrogens is 234 g/mol. The number of halogens is 1. The minimum Gasteiger partial charge on any atom is -0.316 e. The maximum absolute atomic E-state index is 5.97. The van der Waals surface area contributed by atoms with Crippen LogP contribution in [0.2, 0.25) is 5.02 Å². The van der Waals surface area contributed by atoms with Gasteiger partial charge in [0.15, 0.2) is 0 Å². The molecule has 4 heteroatoms. The number of aromatic nitrogens is 2. The number of nitrogens with one attached hydrogen (secondary N) is 1. The van der Waals surface area contributed by atoms with Crippen LogP contribution in [0.25, 0.3) is 0 Å². The third kappa shape index (κ3) is 2.87. The van der Waals surface area contributed by atoms with Gasteiger partial charge in [-0.25, -0.2) is 0 Å². The van der Waals surface area contributed by atoms with E-state index in [1.165, 1.54) is 11.1 Å². The molecule has 0 aliphatic carbocycles. The zero-order chi connectivity index (χ0) is 12.3. The molecule has 0 saturated heterocycles. The molecule has 1 aromatic heterocycles. The van der Waals surface area contributed by atoms with Crippen LogP contribution >= 0.6 is 11.6 Å². The molecule has 1 N–H and O–H groups in total. The summed E-state index contributed by atoms with van der Waals surface area (Å²) in [7, 11) is 1.95. The van der Waals surface area contributed by atoms with Gasteiger partial charge < -0.3 is 5.32 Å². The van der Waals surface area contributed by atoms with Crippen LogP contribution < -0.4 is 5.32 Å². The Balaban J connectivity index is 2.11. The van der Waals surface area contributed by atoms with Gasteiger partial charge in [-0.3, -0.25) is 4.68 Å². The van der Waals surface area contributed by atoms with Gasteiger partial charge in [0.2, 0.25) is 0 Å². The number of hydrogen-bond donors (Lipinski definition) is 1. The molecule has 17 heavy (non-hydrogen) atoms. The third-order valence-corrected chi connectivity index (χ3v) is 3.15. The minimum atomic E-state index is 0.719. The van der Waals surface area contributed by atoms with E-state index >= 15 is 0 Å². The molecule has 2 aromatic rings. The largest absolute Gasteiger partial charge is 0.316 e. The van der Waals surface area contributed by atoms with E-state index in [9.17, 15) is 0 Å². The third-order valence-electron chi connectivity index (χ3n) is 2.78. The Hall–Kier alpha value is -1.32. The number of benzene rings is 1. The van der Waals surface area contributed by atoms with E-state index in [1.54, 1.807) is 6.20 Å². The van der Waals surface area contributed by atoms with E-state index in [0.717, 1.165) is 23.8 Å². The normalized spacial score (nSPS) is 10.8. The van der Waals surface area contributed by atoms with Crippen molar-refractivity contribution in [1.29, 1.82) is 0 Å². The van der Waals surface area contributed by atoms with Crippen LogP contribution in [0, 0.1) is 6.92 Å². The molecule has 1 heterocycles. The van der Waals surface area contributed by atoms with Gasteiger partial charge >= 0.3 is 0 Å². The quantitative estimate of drug-likeness (QED) is 0.903. The lowest BCUT2D eigenvalue weighted by Gasteiger charge is -2.06. The molecule has 0 aliphatic heterocycles. The molecule has 0 saturated carbocycles. The van der Waals surface area contributed by atoms with Crippen LogP contribution in [0.4, 0.5) is 0 Å². The molecule has 3 nitrogen and oxygen atoms in total. The first-order chi connectivity index (χ1) is 8.20. The second-order valence-electron chi connectivity index (χ2n) is 4.08. The predicted octanol–water partition coefficient (Wildman–Crippen LogP) is 2.61. The van der Waals surface area contributed by atoms with Gasteiger partial charge in [0.25, 0.3) is 0 Å². The fourth-order valence-corrected chi connectivity index (χ4v) is 1.86. The maximum atomic E-state index is 5.97. The molecule has 0 fully saturated rings. The Morgan fingerprint density at radius 1 is 1.24 bits per heavy atom. The van der Waals surface area contributed by atoms with Gasteiger partial charge in [-0.15, -0.1) is 0 Å². The summed E-state index contributed by atoms with van der Waals surface area (Å²) in [6.45, 7) is 3.63. The molecule has 0 spiro atoms. The number of rotatable bonds is 4. The average Bonchev–Trinajstić information content (AvgIpc) is 2.64. The first-order valence-corrected chi connectivity index (χ1v) is 5.99. The highest BCUT2D eigenvalue weighted by Crippen LogP contribution is 2.15. The Morgan fingerprint density at radius 3 is 2.41 bits per heavy atom. The Labute approximate surface area is 106 Å². The second kappa shape index (κ2) is 5.34. The highest BCUT2D eigenvalue weighted by molar-refractivity contribution is 6.31. The average molecular weight is 250 g/mol. The van der Waals surface area contributed by atoms with Gasteiger partial charge in [-0.05, 0) is 25.1 Å². The second-order valence-corrected chi connectivity index (χ2v) is 4.49. The molecule has 90 valence electrons. The van der Waals surface area contributed by atoms with Crippen molar-refractivity contribution in [3.8, 4) is 0 Å². The molecule has 0 atom stereocenters. The lowest BCUT2D eigenvalue weighted by molar-refractivity contribution is 0.665. The van der Waals surface area contributed by atoms with Crippen molar-refractivity contribution in [2.45, 2.75) is 20.0 Å². The summed E-state index contributed by atoms with van der Waals surface area (Å²) >= 11 is 5.97. The molecule has 0 radical (unpaired) electrons. The van der Waals surface area contributed by atoms with Crippen LogP contribution in [0.1, 0.15) is 16.8 Å². The van der Waals surface area contributed by atoms with Crippen molar-refractivity contribution in [3.63, 3.8) is 0 Å². The first kappa shape index (κ1) is 12.1. The monoisotopic (exact) mass is 249 g/mol. The topological polar surface area (TPSA) is 29.9 Å². The molecule has 0 bridgehead atoms. The van der Waals surface area contributed by atoms with Gasteiger partial charge in [-0.1, -0.05) is 35.9 Å². The molecule has 0 amide bonds. The van der Waals surface area contributed by atoms with E-state index in [2.05, 4.69) is 34.7 Å². The summed E-state index contributed by atoms with van der Waals surface area (Å²) in [6.07, 6.45) is 1.69. The predicted molar refractivity (Wildman–Crippen MR) is 70.3 cm³/mol. The van der Waals surface area contributed by atoms with Crippen molar-refractivity contribution in [2.24, 2.45) is 0 Å². The Bertz CT molecular complexity index is 488. The van der Waals surface area contributed by atoms with Crippen molar-refractivity contribution in [1.82, 2.24) is 15.1 Å². The van der Waals surface area contributed by atoms with Gasteiger partial charge in [0.05, 0.1) is 23.5 Å². The zero-order valence-corrected chi connectivity index (χ0v) is 10.8. The SMILES string of the molecule is CNCc1ccc(Cn2ncc(Cl)c2C)cc1. The smallest absolute Gasteiger partial charge is 0.0815 e. The lowest BCUT2D eigenvalue weighted by atomic mass is 10.1. The molecule has 0 unspecified atom stereocenters. The fourth-order valence-electron chi connectivity index (χ4n) is 1.72. The minimum absolute atomic E-state index is 0.719. The summed E-state index contributed by atoms with van der Waals surface area (Å²) in [6, 6.07) is 8.52. The van der Waals surface area contributed by atoms with Crippen LogP contribution in [0.5, 0.6) is 0 Å². The van der Waals surface area contributed by atoms with Gasteiger partial charge in [-0.2, -0.15) is 5.10 Å². The standard InChI is InChI=1S/C13H16ClN3/c1-10-13(14)8-16-17(10)9-12-5-3-11(4-6-12)7-15-2/h3-6,8,15H,7,9H2,1-2H3. The van der Waals surface area contributed by atoms with Crippen LogP contribution in [0.15, 0.2) is 30.5 Å². The molecular formula is C13H16ClN3. The Kier molecular flexibility index (Phi) is 3.82. The highest BCUT2D eigenvalue weighted by Gasteiger charge is 2.04.